The predicted molar refractivity (Wildman–Crippen MR) is 290 cm³/mol. The molecule has 1 amide bonds. The second-order valence-corrected chi connectivity index (χ2v) is 23.4. The smallest absolute Gasteiger partial charge is 0.222 e. The molecule has 4 fully saturated rings. The number of hydrogen-bond donors (Lipinski definition) is 0. The van der Waals surface area contributed by atoms with E-state index in [-0.39, 0.29) is 23.0 Å². The van der Waals surface area contributed by atoms with E-state index < -0.39 is 0 Å². The summed E-state index contributed by atoms with van der Waals surface area (Å²) in [6, 6.07) is 32.6. The fourth-order valence-corrected chi connectivity index (χ4v) is 14.7. The standard InChI is InChI=1S/C64H98N2O4/c1-7-10-13-14-15-25-40-66(49-53-31-23-18-24-32-53)61(67)36-33-50(4)56-34-35-57-62-58(46-60(64(56,57)6)70-42-12-9-3)63(5)38-37-55(68-41-11-8-2)44-54(63)45-59(62)69-43-26-39-65(47-51-27-19-16-20-28-51)48-52-29-21-17-22-30-52/h16-24,27-32,50,54-60,62H,7-15,25-26,33-49H2,1-6H3/t50-,54?,55-,56-,57+,58+,59-,60+,62?,63+,64-/m1/s1. The number of ether oxygens (including phenoxy) is 3. The van der Waals surface area contributed by atoms with E-state index in [1.807, 2.05) is 0 Å². The van der Waals surface area contributed by atoms with Crippen molar-refractivity contribution >= 4 is 5.91 Å². The fraction of sp³-hybridized carbons (Fsp3) is 0.703. The summed E-state index contributed by atoms with van der Waals surface area (Å²) in [5, 5.41) is 0. The Morgan fingerprint density at radius 3 is 1.84 bits per heavy atom. The van der Waals surface area contributed by atoms with Crippen LogP contribution in [0.15, 0.2) is 91.0 Å². The molecule has 0 saturated heterocycles. The molecule has 0 aromatic heterocycles. The molecule has 3 aromatic carbocycles. The highest BCUT2D eigenvalue weighted by atomic mass is 16.5. The molecule has 0 aliphatic heterocycles. The predicted octanol–water partition coefficient (Wildman–Crippen LogP) is 15.5. The van der Waals surface area contributed by atoms with Gasteiger partial charge in [-0.1, -0.05) is 177 Å². The number of rotatable bonds is 30. The first-order chi connectivity index (χ1) is 34.2. The second-order valence-electron chi connectivity index (χ2n) is 23.4. The third-order valence-electron chi connectivity index (χ3n) is 18.7. The Morgan fingerprint density at radius 1 is 0.614 bits per heavy atom. The molecule has 7 rings (SSSR count). The lowest BCUT2D eigenvalue weighted by atomic mass is 9.43. The Bertz CT molecular complexity index is 1870. The molecule has 0 radical (unpaired) electrons. The van der Waals surface area contributed by atoms with Crippen molar-refractivity contribution in [3.63, 3.8) is 0 Å². The summed E-state index contributed by atoms with van der Waals surface area (Å²) in [5.41, 5.74) is 4.28. The number of carbonyl (C=O) groups excluding carboxylic acids is 1. The van der Waals surface area contributed by atoms with Crippen LogP contribution in [-0.4, -0.2) is 66.9 Å². The van der Waals surface area contributed by atoms with Gasteiger partial charge in [0.1, 0.15) is 0 Å². The molecule has 4 aliphatic rings. The molecule has 2 unspecified atom stereocenters. The van der Waals surface area contributed by atoms with E-state index in [0.29, 0.717) is 60.5 Å². The number of nitrogens with zero attached hydrogens (tertiary/aromatic N) is 2. The minimum atomic E-state index is 0.0486. The van der Waals surface area contributed by atoms with Gasteiger partial charge in [0.05, 0.1) is 18.3 Å². The molecule has 0 N–H and O–H groups in total. The van der Waals surface area contributed by atoms with Crippen molar-refractivity contribution in [2.45, 2.75) is 208 Å². The maximum absolute atomic E-state index is 14.4. The number of unbranched alkanes of at least 4 members (excludes halogenated alkanes) is 7. The van der Waals surface area contributed by atoms with Crippen LogP contribution in [0, 0.1) is 46.3 Å². The molecular formula is C64H98N2O4. The largest absolute Gasteiger partial charge is 0.378 e. The van der Waals surface area contributed by atoms with Crippen LogP contribution in [0.2, 0.25) is 0 Å². The zero-order chi connectivity index (χ0) is 49.2. The van der Waals surface area contributed by atoms with Gasteiger partial charge < -0.3 is 19.1 Å². The van der Waals surface area contributed by atoms with Crippen LogP contribution in [0.25, 0.3) is 0 Å². The highest BCUT2D eigenvalue weighted by Gasteiger charge is 2.66. The van der Waals surface area contributed by atoms with Gasteiger partial charge in [-0.05, 0) is 135 Å². The molecule has 0 spiro atoms. The molecule has 3 aromatic rings. The molecular weight excluding hydrogens is 861 g/mol. The van der Waals surface area contributed by atoms with Gasteiger partial charge in [0, 0.05) is 64.4 Å². The zero-order valence-corrected chi connectivity index (χ0v) is 45.2. The van der Waals surface area contributed by atoms with Crippen LogP contribution in [0.1, 0.15) is 187 Å². The Hall–Kier alpha value is -3.03. The summed E-state index contributed by atoms with van der Waals surface area (Å²) < 4.78 is 21.4. The van der Waals surface area contributed by atoms with E-state index in [9.17, 15) is 4.79 Å². The minimum Gasteiger partial charge on any atom is -0.378 e. The Morgan fingerprint density at radius 2 is 1.20 bits per heavy atom. The van der Waals surface area contributed by atoms with Gasteiger partial charge in [-0.3, -0.25) is 9.69 Å². The van der Waals surface area contributed by atoms with Gasteiger partial charge >= 0.3 is 0 Å². The average molecular weight is 959 g/mol. The summed E-state index contributed by atoms with van der Waals surface area (Å²) in [7, 11) is 0. The molecule has 11 atom stereocenters. The molecule has 6 nitrogen and oxygen atoms in total. The van der Waals surface area contributed by atoms with Crippen molar-refractivity contribution in [1.82, 2.24) is 9.80 Å². The molecule has 0 bridgehead atoms. The summed E-state index contributed by atoms with van der Waals surface area (Å²) in [6.07, 6.45) is 23.9. The first-order valence-electron chi connectivity index (χ1n) is 29.1. The minimum absolute atomic E-state index is 0.0486. The summed E-state index contributed by atoms with van der Waals surface area (Å²) in [6.45, 7) is 21.7. The van der Waals surface area contributed by atoms with Crippen LogP contribution in [0.3, 0.4) is 0 Å². The lowest BCUT2D eigenvalue weighted by Gasteiger charge is -2.65. The average Bonchev–Trinajstić information content (AvgIpc) is 3.74. The maximum Gasteiger partial charge on any atom is 0.222 e. The van der Waals surface area contributed by atoms with Crippen LogP contribution < -0.4 is 0 Å². The normalized spacial score (nSPS) is 28.8. The summed E-state index contributed by atoms with van der Waals surface area (Å²) in [5.74, 6) is 3.57. The Kier molecular flexibility index (Phi) is 21.8. The van der Waals surface area contributed by atoms with Crippen LogP contribution in [0.4, 0.5) is 0 Å². The molecule has 4 aliphatic carbocycles. The molecule has 0 heterocycles. The van der Waals surface area contributed by atoms with Crippen molar-refractivity contribution in [2.75, 3.05) is 32.9 Å². The molecule has 388 valence electrons. The Labute approximate surface area is 427 Å². The molecule has 6 heteroatoms. The first-order valence-corrected chi connectivity index (χ1v) is 29.1. The van der Waals surface area contributed by atoms with Gasteiger partial charge in [-0.2, -0.15) is 0 Å². The quantitative estimate of drug-likeness (QED) is 0.0623. The lowest BCUT2D eigenvalue weighted by Crippen LogP contribution is -2.63. The molecule has 4 saturated carbocycles. The van der Waals surface area contributed by atoms with Crippen molar-refractivity contribution in [2.24, 2.45) is 46.3 Å². The lowest BCUT2D eigenvalue weighted by molar-refractivity contribution is -0.227. The third-order valence-corrected chi connectivity index (χ3v) is 18.7. The van der Waals surface area contributed by atoms with Gasteiger partial charge in [0.15, 0.2) is 0 Å². The maximum atomic E-state index is 14.4. The number of fused-ring (bicyclic) bond motifs is 5. The van der Waals surface area contributed by atoms with Gasteiger partial charge in [0.25, 0.3) is 0 Å². The van der Waals surface area contributed by atoms with Crippen molar-refractivity contribution in [3.05, 3.63) is 108 Å². The number of hydrogen-bond acceptors (Lipinski definition) is 5. The zero-order valence-electron chi connectivity index (χ0n) is 45.2. The van der Waals surface area contributed by atoms with Gasteiger partial charge in [0.2, 0.25) is 5.91 Å². The first kappa shape index (κ1) is 54.7. The highest BCUT2D eigenvalue weighted by Crippen LogP contribution is 2.69. The van der Waals surface area contributed by atoms with E-state index in [0.717, 1.165) is 97.4 Å². The Balaban J connectivity index is 1.09. The van der Waals surface area contributed by atoms with E-state index in [4.69, 9.17) is 14.2 Å². The SMILES string of the molecule is CCCCCCCCN(Cc1ccccc1)C(=O)CC[C@@H](C)[C@H]1CC[C@H]2C3[C@H](OCCCN(Cc4ccccc4)Cc4ccccc4)CC4C[C@H](OCCCC)CC[C@]4(C)[C@H]3C[C@H](OCCCC)[C@]12C. The van der Waals surface area contributed by atoms with Crippen LogP contribution in [0.5, 0.6) is 0 Å². The highest BCUT2D eigenvalue weighted by molar-refractivity contribution is 5.76. The van der Waals surface area contributed by atoms with Crippen LogP contribution in [-0.2, 0) is 38.6 Å². The van der Waals surface area contributed by atoms with Gasteiger partial charge in [-0.15, -0.1) is 0 Å². The van der Waals surface area contributed by atoms with Crippen molar-refractivity contribution in [3.8, 4) is 0 Å². The third kappa shape index (κ3) is 14.4. The fourth-order valence-electron chi connectivity index (χ4n) is 14.7. The monoisotopic (exact) mass is 959 g/mol. The van der Waals surface area contributed by atoms with E-state index >= 15 is 0 Å². The molecule has 70 heavy (non-hydrogen) atoms. The van der Waals surface area contributed by atoms with E-state index in [2.05, 4.69) is 142 Å². The van der Waals surface area contributed by atoms with Crippen molar-refractivity contribution < 1.29 is 19.0 Å². The van der Waals surface area contributed by atoms with E-state index in [1.54, 1.807) is 0 Å². The van der Waals surface area contributed by atoms with E-state index in [1.165, 1.54) is 87.3 Å². The van der Waals surface area contributed by atoms with Crippen LogP contribution >= 0.6 is 0 Å². The topological polar surface area (TPSA) is 51.2 Å². The summed E-state index contributed by atoms with van der Waals surface area (Å²) in [4.78, 5) is 19.2. The van der Waals surface area contributed by atoms with Gasteiger partial charge in [-0.25, -0.2) is 0 Å². The number of benzene rings is 3. The van der Waals surface area contributed by atoms with Crippen molar-refractivity contribution in [1.29, 1.82) is 0 Å². The number of carbonyl (C=O) groups is 1. The summed E-state index contributed by atoms with van der Waals surface area (Å²) >= 11 is 0. The second kappa shape index (κ2) is 27.9. The number of amides is 1.